The van der Waals surface area contributed by atoms with Crippen LogP contribution in [0.4, 0.5) is 0 Å². The van der Waals surface area contributed by atoms with Crippen molar-refractivity contribution in [3.63, 3.8) is 0 Å². The molecule has 1 aromatic carbocycles. The van der Waals surface area contributed by atoms with Gasteiger partial charge in [0.15, 0.2) is 0 Å². The Kier molecular flexibility index (Phi) is 7.40. The molecular weight excluding hydrogens is 394 g/mol. The SMILES string of the molecule is COCCN1C(=O)c2ccc(C(=O)N(C)CC(C)(C)CN)cc2S1(=O)=O.Cl. The first-order valence-corrected chi connectivity index (χ1v) is 9.65. The maximum absolute atomic E-state index is 12.7. The van der Waals surface area contributed by atoms with E-state index in [2.05, 4.69) is 0 Å². The standard InChI is InChI=1S/C17H25N3O5S.ClH/c1-17(2,10-18)11-19(3)15(21)12-5-6-13-14(9-12)26(23,24)20(16(13)22)7-8-25-4;/h5-6,9H,7-8,10-11,18H2,1-4H3;1H. The number of hydrogen-bond donors (Lipinski definition) is 1. The fourth-order valence-electron chi connectivity index (χ4n) is 2.80. The fourth-order valence-corrected chi connectivity index (χ4v) is 4.38. The van der Waals surface area contributed by atoms with Crippen molar-refractivity contribution in [2.24, 2.45) is 11.1 Å². The summed E-state index contributed by atoms with van der Waals surface area (Å²) in [5, 5.41) is 0. The Bertz CT molecular complexity index is 826. The van der Waals surface area contributed by atoms with E-state index >= 15 is 0 Å². The van der Waals surface area contributed by atoms with Crippen molar-refractivity contribution in [2.45, 2.75) is 18.7 Å². The van der Waals surface area contributed by atoms with Crippen LogP contribution in [0.1, 0.15) is 34.6 Å². The maximum atomic E-state index is 12.7. The number of halogens is 1. The molecule has 0 spiro atoms. The van der Waals surface area contributed by atoms with Gasteiger partial charge >= 0.3 is 0 Å². The lowest BCUT2D eigenvalue weighted by Gasteiger charge is -2.29. The van der Waals surface area contributed by atoms with Gasteiger partial charge in [-0.1, -0.05) is 13.8 Å². The highest BCUT2D eigenvalue weighted by Crippen LogP contribution is 2.31. The van der Waals surface area contributed by atoms with E-state index in [0.29, 0.717) is 13.1 Å². The van der Waals surface area contributed by atoms with Crippen LogP contribution in [0.25, 0.3) is 0 Å². The van der Waals surface area contributed by atoms with Crippen molar-refractivity contribution in [2.75, 3.05) is 40.4 Å². The number of carbonyl (C=O) groups excluding carboxylic acids is 2. The van der Waals surface area contributed by atoms with Crippen LogP contribution in [0.2, 0.25) is 0 Å². The molecule has 0 saturated heterocycles. The molecule has 0 unspecified atom stereocenters. The van der Waals surface area contributed by atoms with Gasteiger partial charge in [-0.15, -0.1) is 12.4 Å². The molecule has 0 aromatic heterocycles. The first kappa shape index (κ1) is 23.4. The van der Waals surface area contributed by atoms with E-state index in [9.17, 15) is 18.0 Å². The molecule has 2 amide bonds. The summed E-state index contributed by atoms with van der Waals surface area (Å²) < 4.78 is 30.9. The summed E-state index contributed by atoms with van der Waals surface area (Å²) in [7, 11) is -0.914. The van der Waals surface area contributed by atoms with Gasteiger partial charge < -0.3 is 15.4 Å². The van der Waals surface area contributed by atoms with Crippen molar-refractivity contribution in [1.82, 2.24) is 9.21 Å². The van der Waals surface area contributed by atoms with E-state index in [-0.39, 0.29) is 52.9 Å². The first-order valence-electron chi connectivity index (χ1n) is 8.21. The van der Waals surface area contributed by atoms with Crippen LogP contribution in [0, 0.1) is 5.41 Å². The molecule has 27 heavy (non-hydrogen) atoms. The molecule has 0 aliphatic carbocycles. The topological polar surface area (TPSA) is 110 Å². The van der Waals surface area contributed by atoms with E-state index in [1.807, 2.05) is 13.8 Å². The number of hydrogen-bond acceptors (Lipinski definition) is 6. The molecule has 1 aliphatic heterocycles. The Morgan fingerprint density at radius 2 is 1.96 bits per heavy atom. The van der Waals surface area contributed by atoms with E-state index in [1.165, 1.54) is 30.2 Å². The summed E-state index contributed by atoms with van der Waals surface area (Å²) >= 11 is 0. The molecular formula is C17H26ClN3O5S. The predicted octanol–water partition coefficient (Wildman–Crippen LogP) is 0.956. The molecule has 0 bridgehead atoms. The monoisotopic (exact) mass is 419 g/mol. The minimum absolute atomic E-state index is 0. The minimum Gasteiger partial charge on any atom is -0.383 e. The third-order valence-corrected chi connectivity index (χ3v) is 6.14. The molecule has 1 aliphatic rings. The van der Waals surface area contributed by atoms with E-state index < -0.39 is 15.9 Å². The summed E-state index contributed by atoms with van der Waals surface area (Å²) in [6.07, 6.45) is 0. The average molecular weight is 420 g/mol. The molecule has 10 heteroatoms. The first-order chi connectivity index (χ1) is 12.0. The molecule has 2 N–H and O–H groups in total. The van der Waals surface area contributed by atoms with Gasteiger partial charge in [-0.3, -0.25) is 9.59 Å². The number of amides is 2. The summed E-state index contributed by atoms with van der Waals surface area (Å²) in [4.78, 5) is 26.4. The third kappa shape index (κ3) is 4.60. The number of benzene rings is 1. The second kappa shape index (κ2) is 8.55. The molecule has 0 saturated carbocycles. The molecule has 0 radical (unpaired) electrons. The highest BCUT2D eigenvalue weighted by molar-refractivity contribution is 7.90. The number of rotatable bonds is 7. The molecule has 0 atom stereocenters. The zero-order valence-corrected chi connectivity index (χ0v) is 17.5. The highest BCUT2D eigenvalue weighted by Gasteiger charge is 2.41. The van der Waals surface area contributed by atoms with Crippen LogP contribution < -0.4 is 5.73 Å². The van der Waals surface area contributed by atoms with Gasteiger partial charge in [0, 0.05) is 26.3 Å². The lowest BCUT2D eigenvalue weighted by atomic mass is 9.93. The number of fused-ring (bicyclic) bond motifs is 1. The van der Waals surface area contributed by atoms with E-state index in [0.717, 1.165) is 4.31 Å². The predicted molar refractivity (Wildman–Crippen MR) is 104 cm³/mol. The van der Waals surface area contributed by atoms with Gasteiger partial charge in [0.2, 0.25) is 0 Å². The van der Waals surface area contributed by atoms with Crippen LogP contribution in [0.5, 0.6) is 0 Å². The molecule has 2 rings (SSSR count). The highest BCUT2D eigenvalue weighted by atomic mass is 35.5. The Balaban J connectivity index is 0.00000364. The lowest BCUT2D eigenvalue weighted by molar-refractivity contribution is 0.0739. The smallest absolute Gasteiger partial charge is 0.269 e. The second-order valence-corrected chi connectivity index (χ2v) is 8.95. The van der Waals surface area contributed by atoms with E-state index in [4.69, 9.17) is 10.5 Å². The number of carbonyl (C=O) groups is 2. The number of sulfonamides is 1. The van der Waals surface area contributed by atoms with E-state index in [1.54, 1.807) is 7.05 Å². The molecule has 8 nitrogen and oxygen atoms in total. The van der Waals surface area contributed by atoms with Crippen molar-refractivity contribution in [1.29, 1.82) is 0 Å². The average Bonchev–Trinajstić information content (AvgIpc) is 2.78. The zero-order chi connectivity index (χ0) is 19.7. The Labute approximate surface area is 166 Å². The van der Waals surface area contributed by atoms with Gasteiger partial charge in [-0.05, 0) is 30.2 Å². The number of methoxy groups -OCH3 is 1. The minimum atomic E-state index is -3.98. The summed E-state index contributed by atoms with van der Waals surface area (Å²) in [5.41, 5.74) is 5.72. The quantitative estimate of drug-likeness (QED) is 0.704. The Morgan fingerprint density at radius 3 is 2.52 bits per heavy atom. The molecule has 1 aromatic rings. The van der Waals surface area contributed by atoms with Crippen molar-refractivity contribution in [3.8, 4) is 0 Å². The van der Waals surface area contributed by atoms with Crippen LogP contribution in [0.3, 0.4) is 0 Å². The third-order valence-electron chi connectivity index (χ3n) is 4.32. The Morgan fingerprint density at radius 1 is 1.33 bits per heavy atom. The zero-order valence-electron chi connectivity index (χ0n) is 15.9. The van der Waals surface area contributed by atoms with Crippen molar-refractivity contribution < 1.29 is 22.7 Å². The maximum Gasteiger partial charge on any atom is 0.269 e. The lowest BCUT2D eigenvalue weighted by Crippen LogP contribution is -2.39. The summed E-state index contributed by atoms with van der Waals surface area (Å²) in [5.74, 6) is -0.930. The molecule has 1 heterocycles. The fraction of sp³-hybridized carbons (Fsp3) is 0.529. The number of nitrogens with two attached hydrogens (primary N) is 1. The summed E-state index contributed by atoms with van der Waals surface area (Å²) in [6, 6.07) is 4.13. The van der Waals surface area contributed by atoms with Gasteiger partial charge in [0.1, 0.15) is 4.90 Å². The van der Waals surface area contributed by atoms with Gasteiger partial charge in [0.05, 0.1) is 18.7 Å². The van der Waals surface area contributed by atoms with Crippen molar-refractivity contribution in [3.05, 3.63) is 29.3 Å². The van der Waals surface area contributed by atoms with Crippen LogP contribution >= 0.6 is 12.4 Å². The largest absolute Gasteiger partial charge is 0.383 e. The number of nitrogens with zero attached hydrogens (tertiary/aromatic N) is 2. The van der Waals surface area contributed by atoms with Gasteiger partial charge in [-0.25, -0.2) is 12.7 Å². The second-order valence-electron chi connectivity index (χ2n) is 7.12. The molecule has 0 fully saturated rings. The van der Waals surface area contributed by atoms with Crippen LogP contribution in [0.15, 0.2) is 23.1 Å². The van der Waals surface area contributed by atoms with Gasteiger partial charge in [-0.2, -0.15) is 0 Å². The molecule has 152 valence electrons. The summed E-state index contributed by atoms with van der Waals surface area (Å²) in [6.45, 7) is 4.74. The Hall–Kier alpha value is -1.68. The van der Waals surface area contributed by atoms with Crippen LogP contribution in [-0.2, 0) is 14.8 Å². The van der Waals surface area contributed by atoms with Crippen LogP contribution in [-0.4, -0.2) is 69.8 Å². The van der Waals surface area contributed by atoms with Crippen molar-refractivity contribution >= 4 is 34.2 Å². The normalized spacial score (nSPS) is 15.3. The number of ether oxygens (including phenoxy) is 1. The van der Waals surface area contributed by atoms with Gasteiger partial charge in [0.25, 0.3) is 21.8 Å².